The lowest BCUT2D eigenvalue weighted by atomic mass is 10.1. The first-order valence-corrected chi connectivity index (χ1v) is 10.4. The number of hydrogen-bond donors (Lipinski definition) is 2. The summed E-state index contributed by atoms with van der Waals surface area (Å²) in [7, 11) is 1.66. The molecule has 0 unspecified atom stereocenters. The van der Waals surface area contributed by atoms with E-state index in [0.717, 1.165) is 30.0 Å². The van der Waals surface area contributed by atoms with E-state index in [0.29, 0.717) is 19.6 Å². The molecular formula is C22H24N6O3. The number of nitrogens with zero attached hydrogens (tertiary/aromatic N) is 4. The lowest BCUT2D eigenvalue weighted by molar-refractivity contribution is -0.00348. The number of carbonyl (C=O) groups is 2. The fourth-order valence-electron chi connectivity index (χ4n) is 4.01. The number of rotatable bonds is 5. The van der Waals surface area contributed by atoms with Crippen LogP contribution in [-0.4, -0.2) is 56.4 Å². The van der Waals surface area contributed by atoms with E-state index in [1.54, 1.807) is 7.05 Å². The zero-order valence-electron chi connectivity index (χ0n) is 17.2. The van der Waals surface area contributed by atoms with Crippen LogP contribution in [-0.2, 0) is 24.8 Å². The molecule has 1 atom stereocenters. The number of amides is 2. The van der Waals surface area contributed by atoms with Gasteiger partial charge in [-0.2, -0.15) is 5.10 Å². The topological polar surface area (TPSA) is 103 Å². The summed E-state index contributed by atoms with van der Waals surface area (Å²) in [6.45, 7) is 1.76. The second-order valence-electron chi connectivity index (χ2n) is 8.00. The Morgan fingerprint density at radius 2 is 1.87 bits per heavy atom. The van der Waals surface area contributed by atoms with Gasteiger partial charge in [0, 0.05) is 37.8 Å². The standard InChI is InChI=1S/C22H24N6O3/c1-27-20(17(10-23-27)21(29)25-16-12-31-13-16)22(30)24-15-7-8-28-11-18(26-19(28)9-15)14-5-3-2-4-6-14/h2-6,10-11,15-16H,7-9,12-13H2,1H3,(H,24,30)(H,25,29)/t15-/m1/s1. The summed E-state index contributed by atoms with van der Waals surface area (Å²) in [5, 5.41) is 10.1. The Balaban J connectivity index is 1.28. The van der Waals surface area contributed by atoms with E-state index >= 15 is 0 Å². The molecule has 31 heavy (non-hydrogen) atoms. The van der Waals surface area contributed by atoms with Gasteiger partial charge >= 0.3 is 0 Å². The molecule has 2 amide bonds. The van der Waals surface area contributed by atoms with Crippen LogP contribution in [0.1, 0.15) is 33.1 Å². The Kier molecular flexibility index (Phi) is 5.03. The predicted molar refractivity (Wildman–Crippen MR) is 113 cm³/mol. The smallest absolute Gasteiger partial charge is 0.270 e. The molecule has 2 aliphatic heterocycles. The molecule has 1 aromatic carbocycles. The van der Waals surface area contributed by atoms with Gasteiger partial charge in [-0.15, -0.1) is 0 Å². The van der Waals surface area contributed by atoms with Crippen molar-refractivity contribution in [1.29, 1.82) is 0 Å². The van der Waals surface area contributed by atoms with Crippen LogP contribution in [0.3, 0.4) is 0 Å². The summed E-state index contributed by atoms with van der Waals surface area (Å²) < 4.78 is 8.68. The van der Waals surface area contributed by atoms with Gasteiger partial charge in [0.25, 0.3) is 11.8 Å². The Bertz CT molecular complexity index is 1120. The van der Waals surface area contributed by atoms with Gasteiger partial charge in [-0.1, -0.05) is 30.3 Å². The number of aryl methyl sites for hydroxylation is 2. The quantitative estimate of drug-likeness (QED) is 0.645. The largest absolute Gasteiger partial charge is 0.377 e. The molecule has 1 saturated heterocycles. The third-order valence-electron chi connectivity index (χ3n) is 5.78. The number of ether oxygens (including phenoxy) is 1. The molecule has 0 saturated carbocycles. The van der Waals surface area contributed by atoms with Gasteiger partial charge in [0.15, 0.2) is 0 Å². The Labute approximate surface area is 179 Å². The van der Waals surface area contributed by atoms with Crippen molar-refractivity contribution in [3.05, 3.63) is 59.8 Å². The molecule has 5 rings (SSSR count). The van der Waals surface area contributed by atoms with Crippen LogP contribution < -0.4 is 10.6 Å². The number of benzene rings is 1. The highest BCUT2D eigenvalue weighted by Crippen LogP contribution is 2.23. The fourth-order valence-corrected chi connectivity index (χ4v) is 4.01. The summed E-state index contributed by atoms with van der Waals surface area (Å²) in [6, 6.07) is 9.98. The van der Waals surface area contributed by atoms with Crippen molar-refractivity contribution in [3.8, 4) is 11.3 Å². The van der Waals surface area contributed by atoms with Crippen molar-refractivity contribution >= 4 is 11.8 Å². The fraction of sp³-hybridized carbons (Fsp3) is 0.364. The Morgan fingerprint density at radius 3 is 2.61 bits per heavy atom. The van der Waals surface area contributed by atoms with Gasteiger partial charge in [-0.05, 0) is 6.42 Å². The molecular weight excluding hydrogens is 396 g/mol. The van der Waals surface area contributed by atoms with Crippen molar-refractivity contribution in [3.63, 3.8) is 0 Å². The van der Waals surface area contributed by atoms with Crippen LogP contribution in [0.2, 0.25) is 0 Å². The second kappa shape index (κ2) is 7.99. The van der Waals surface area contributed by atoms with Crippen LogP contribution in [0, 0.1) is 0 Å². The molecule has 0 spiro atoms. The number of carbonyl (C=O) groups excluding carboxylic acids is 2. The van der Waals surface area contributed by atoms with Crippen LogP contribution in [0.25, 0.3) is 11.3 Å². The number of imidazole rings is 1. The van der Waals surface area contributed by atoms with Gasteiger partial charge in [0.2, 0.25) is 0 Å². The maximum Gasteiger partial charge on any atom is 0.270 e. The van der Waals surface area contributed by atoms with Crippen molar-refractivity contribution in [1.82, 2.24) is 30.0 Å². The molecule has 0 bridgehead atoms. The van der Waals surface area contributed by atoms with Crippen molar-refractivity contribution in [2.75, 3.05) is 13.2 Å². The molecule has 4 heterocycles. The number of fused-ring (bicyclic) bond motifs is 1. The zero-order chi connectivity index (χ0) is 21.4. The van der Waals surface area contributed by atoms with Gasteiger partial charge in [-0.25, -0.2) is 4.98 Å². The molecule has 0 radical (unpaired) electrons. The van der Waals surface area contributed by atoms with E-state index in [-0.39, 0.29) is 35.2 Å². The minimum absolute atomic E-state index is 0.0142. The van der Waals surface area contributed by atoms with Gasteiger partial charge < -0.3 is 19.9 Å². The van der Waals surface area contributed by atoms with E-state index in [4.69, 9.17) is 9.72 Å². The molecule has 1 fully saturated rings. The predicted octanol–water partition coefficient (Wildman–Crippen LogP) is 1.16. The van der Waals surface area contributed by atoms with Gasteiger partial charge in [0.1, 0.15) is 11.5 Å². The first-order chi connectivity index (χ1) is 15.1. The monoisotopic (exact) mass is 420 g/mol. The molecule has 2 aromatic heterocycles. The molecule has 2 aliphatic rings. The average molecular weight is 420 g/mol. The minimum atomic E-state index is -0.307. The van der Waals surface area contributed by atoms with Crippen LogP contribution in [0.5, 0.6) is 0 Å². The highest BCUT2D eigenvalue weighted by atomic mass is 16.5. The number of aromatic nitrogens is 4. The van der Waals surface area contributed by atoms with Crippen LogP contribution in [0.15, 0.2) is 42.7 Å². The molecule has 160 valence electrons. The summed E-state index contributed by atoms with van der Waals surface area (Å²) >= 11 is 0. The molecule has 0 aliphatic carbocycles. The molecule has 9 heteroatoms. The number of hydrogen-bond acceptors (Lipinski definition) is 5. The molecule has 9 nitrogen and oxygen atoms in total. The van der Waals surface area contributed by atoms with E-state index in [1.807, 2.05) is 30.3 Å². The lowest BCUT2D eigenvalue weighted by Gasteiger charge is -2.27. The van der Waals surface area contributed by atoms with Gasteiger partial charge in [0.05, 0.1) is 36.7 Å². The summed E-state index contributed by atoms with van der Waals surface area (Å²) in [6.07, 6.45) is 4.93. The van der Waals surface area contributed by atoms with Crippen molar-refractivity contribution in [2.45, 2.75) is 31.5 Å². The highest BCUT2D eigenvalue weighted by molar-refractivity contribution is 6.06. The first kappa shape index (κ1) is 19.5. The van der Waals surface area contributed by atoms with Gasteiger partial charge in [-0.3, -0.25) is 14.3 Å². The second-order valence-corrected chi connectivity index (χ2v) is 8.00. The molecule has 3 aromatic rings. The van der Waals surface area contributed by atoms with E-state index in [1.165, 1.54) is 10.9 Å². The first-order valence-electron chi connectivity index (χ1n) is 10.4. The normalized spacial score (nSPS) is 18.2. The summed E-state index contributed by atoms with van der Waals surface area (Å²) in [5.41, 5.74) is 2.55. The van der Waals surface area contributed by atoms with Crippen molar-refractivity contribution in [2.24, 2.45) is 7.05 Å². The van der Waals surface area contributed by atoms with Crippen LogP contribution in [0.4, 0.5) is 0 Å². The zero-order valence-corrected chi connectivity index (χ0v) is 17.2. The average Bonchev–Trinajstić information content (AvgIpc) is 3.34. The van der Waals surface area contributed by atoms with Crippen LogP contribution >= 0.6 is 0 Å². The Hall–Kier alpha value is -3.46. The Morgan fingerprint density at radius 1 is 1.10 bits per heavy atom. The number of nitrogens with one attached hydrogen (secondary N) is 2. The SMILES string of the molecule is Cn1ncc(C(=O)NC2COC2)c1C(=O)N[C@@H]1CCn2cc(-c3ccccc3)nc2C1. The maximum absolute atomic E-state index is 13.0. The highest BCUT2D eigenvalue weighted by Gasteiger charge is 2.29. The maximum atomic E-state index is 13.0. The third-order valence-corrected chi connectivity index (χ3v) is 5.78. The van der Waals surface area contributed by atoms with Crippen molar-refractivity contribution < 1.29 is 14.3 Å². The van der Waals surface area contributed by atoms with E-state index < -0.39 is 0 Å². The molecule has 2 N–H and O–H groups in total. The van der Waals surface area contributed by atoms with E-state index in [2.05, 4.69) is 26.5 Å². The third kappa shape index (κ3) is 3.84. The minimum Gasteiger partial charge on any atom is -0.377 e. The summed E-state index contributed by atoms with van der Waals surface area (Å²) in [4.78, 5) is 30.4. The lowest BCUT2D eigenvalue weighted by Crippen LogP contribution is -2.49. The summed E-state index contributed by atoms with van der Waals surface area (Å²) in [5.74, 6) is 0.338. The van der Waals surface area contributed by atoms with E-state index in [9.17, 15) is 9.59 Å².